The molecular formula is C30H35ClN6O5. The van der Waals surface area contributed by atoms with Gasteiger partial charge < -0.3 is 24.3 Å². The second kappa shape index (κ2) is 13.8. The van der Waals surface area contributed by atoms with Gasteiger partial charge in [-0.3, -0.25) is 19.3 Å². The van der Waals surface area contributed by atoms with Crippen LogP contribution in [0.3, 0.4) is 0 Å². The largest absolute Gasteiger partial charge is 0.493 e. The van der Waals surface area contributed by atoms with Crippen LogP contribution in [0.2, 0.25) is 5.02 Å². The van der Waals surface area contributed by atoms with Crippen molar-refractivity contribution in [3.8, 4) is 22.9 Å². The molecular weight excluding hydrogens is 560 g/mol. The van der Waals surface area contributed by atoms with Crippen LogP contribution in [0.5, 0.6) is 11.5 Å². The summed E-state index contributed by atoms with van der Waals surface area (Å²) in [5.41, 5.74) is 1.34. The molecule has 2 aliphatic heterocycles. The van der Waals surface area contributed by atoms with Gasteiger partial charge in [0.15, 0.2) is 17.3 Å². The van der Waals surface area contributed by atoms with E-state index in [0.29, 0.717) is 61.4 Å². The number of halogens is 1. The number of ether oxygens (including phenoxy) is 2. The number of benzene rings is 2. The topological polar surface area (TPSA) is 121 Å². The number of amides is 2. The van der Waals surface area contributed by atoms with Gasteiger partial charge in [-0.1, -0.05) is 23.7 Å². The van der Waals surface area contributed by atoms with Crippen molar-refractivity contribution in [2.75, 3.05) is 52.9 Å². The first-order chi connectivity index (χ1) is 20.4. The van der Waals surface area contributed by atoms with Crippen LogP contribution < -0.4 is 15.0 Å². The number of H-pyrrole nitrogens is 1. The maximum atomic E-state index is 12.8. The summed E-state index contributed by atoms with van der Waals surface area (Å²) >= 11 is 6.05. The van der Waals surface area contributed by atoms with Crippen LogP contribution in [-0.2, 0) is 22.6 Å². The molecule has 2 aliphatic rings. The summed E-state index contributed by atoms with van der Waals surface area (Å²) in [7, 11) is 1.54. The van der Waals surface area contributed by atoms with Crippen LogP contribution in [0.15, 0.2) is 47.3 Å². The van der Waals surface area contributed by atoms with Crippen LogP contribution in [0.25, 0.3) is 11.4 Å². The van der Waals surface area contributed by atoms with Crippen molar-refractivity contribution in [1.29, 1.82) is 0 Å². The highest BCUT2D eigenvalue weighted by Gasteiger charge is 2.25. The number of hydrogen-bond donors (Lipinski definition) is 1. The summed E-state index contributed by atoms with van der Waals surface area (Å²) in [5.74, 6) is 1.43. The quantitative estimate of drug-likeness (QED) is 0.380. The van der Waals surface area contributed by atoms with E-state index in [1.165, 1.54) is 7.11 Å². The first-order valence-electron chi connectivity index (χ1n) is 14.2. The van der Waals surface area contributed by atoms with E-state index in [1.807, 2.05) is 23.1 Å². The third-order valence-corrected chi connectivity index (χ3v) is 7.84. The lowest BCUT2D eigenvalue weighted by Gasteiger charge is -2.35. The highest BCUT2D eigenvalue weighted by molar-refractivity contribution is 6.30. The number of hydrogen-bond acceptors (Lipinski definition) is 8. The van der Waals surface area contributed by atoms with Crippen molar-refractivity contribution < 1.29 is 19.1 Å². The second-order valence-corrected chi connectivity index (χ2v) is 10.9. The highest BCUT2D eigenvalue weighted by Crippen LogP contribution is 2.31. The predicted octanol–water partition coefficient (Wildman–Crippen LogP) is 2.77. The van der Waals surface area contributed by atoms with E-state index in [-0.39, 0.29) is 36.2 Å². The van der Waals surface area contributed by atoms with E-state index in [9.17, 15) is 14.4 Å². The smallest absolute Gasteiger partial charge is 0.273 e. The summed E-state index contributed by atoms with van der Waals surface area (Å²) in [6.45, 7) is 4.87. The summed E-state index contributed by atoms with van der Waals surface area (Å²) in [6.07, 6.45) is 2.51. The third kappa shape index (κ3) is 7.46. The number of nitrogens with zero attached hydrogens (tertiary/aromatic N) is 5. The number of methoxy groups -OCH3 is 1. The summed E-state index contributed by atoms with van der Waals surface area (Å²) < 4.78 is 11.4. The Labute approximate surface area is 249 Å². The molecule has 2 saturated heterocycles. The predicted molar refractivity (Wildman–Crippen MR) is 158 cm³/mol. The Balaban J connectivity index is 1.12. The van der Waals surface area contributed by atoms with E-state index in [0.717, 1.165) is 31.5 Å². The Kier molecular flexibility index (Phi) is 9.70. The molecule has 0 atom stereocenters. The average Bonchev–Trinajstić information content (AvgIpc) is 3.55. The lowest BCUT2D eigenvalue weighted by molar-refractivity contribution is -0.134. The zero-order valence-corrected chi connectivity index (χ0v) is 24.4. The molecule has 0 unspecified atom stereocenters. The first kappa shape index (κ1) is 29.5. The molecule has 0 aliphatic carbocycles. The maximum absolute atomic E-state index is 12.8. The number of aryl methyl sites for hydroxylation is 1. The third-order valence-electron chi connectivity index (χ3n) is 7.60. The van der Waals surface area contributed by atoms with Gasteiger partial charge in [-0.25, -0.2) is 0 Å². The standard InChI is InChI=1S/C30H35ClN6O5/c1-41-26-18-22(7-9-25(26)42-20-21-5-4-6-23(31)17-21)29-32-30(40)24(33-34-29)8-10-27(38)37-15-13-35(14-16-37)19-28(39)36-11-2-3-12-36/h4-7,9,17-18H,2-3,8,10-16,19-20H2,1H3,(H,32,34,40). The van der Waals surface area contributed by atoms with E-state index in [2.05, 4.69) is 20.1 Å². The van der Waals surface area contributed by atoms with E-state index >= 15 is 0 Å². The minimum absolute atomic E-state index is 0.0381. The number of carbonyl (C=O) groups is 2. The van der Waals surface area contributed by atoms with Gasteiger partial charge in [0.25, 0.3) is 5.56 Å². The molecule has 1 aromatic heterocycles. The molecule has 3 aromatic rings. The number of piperazine rings is 1. The molecule has 3 heterocycles. The van der Waals surface area contributed by atoms with Crippen LogP contribution in [-0.4, -0.2) is 94.6 Å². The van der Waals surface area contributed by atoms with Gasteiger partial charge in [-0.2, -0.15) is 0 Å². The summed E-state index contributed by atoms with van der Waals surface area (Å²) in [4.78, 5) is 46.6. The van der Waals surface area contributed by atoms with E-state index in [1.54, 1.807) is 29.2 Å². The molecule has 222 valence electrons. The van der Waals surface area contributed by atoms with Crippen LogP contribution in [0, 0.1) is 0 Å². The van der Waals surface area contributed by atoms with Crippen molar-refractivity contribution in [3.05, 3.63) is 69.1 Å². The van der Waals surface area contributed by atoms with Crippen molar-refractivity contribution in [2.45, 2.75) is 32.3 Å². The lowest BCUT2D eigenvalue weighted by Crippen LogP contribution is -2.51. The highest BCUT2D eigenvalue weighted by atomic mass is 35.5. The molecule has 0 radical (unpaired) electrons. The lowest BCUT2D eigenvalue weighted by atomic mass is 10.1. The number of aromatic nitrogens is 3. The zero-order valence-electron chi connectivity index (χ0n) is 23.7. The molecule has 0 spiro atoms. The molecule has 0 bridgehead atoms. The molecule has 1 N–H and O–H groups in total. The fraction of sp³-hybridized carbons (Fsp3) is 0.433. The molecule has 2 fully saturated rings. The van der Waals surface area contributed by atoms with Gasteiger partial charge in [0, 0.05) is 62.7 Å². The Morgan fingerprint density at radius 2 is 1.69 bits per heavy atom. The Hall–Kier alpha value is -3.96. The number of carbonyl (C=O) groups excluding carboxylic acids is 2. The van der Waals surface area contributed by atoms with Crippen molar-refractivity contribution >= 4 is 23.4 Å². The minimum Gasteiger partial charge on any atom is -0.493 e. The molecule has 42 heavy (non-hydrogen) atoms. The normalized spacial score (nSPS) is 15.6. The molecule has 2 amide bonds. The number of nitrogens with one attached hydrogen (secondary N) is 1. The zero-order chi connectivity index (χ0) is 29.5. The molecule has 0 saturated carbocycles. The van der Waals surface area contributed by atoms with Gasteiger partial charge in [0.2, 0.25) is 11.8 Å². The number of aromatic amines is 1. The van der Waals surface area contributed by atoms with Gasteiger partial charge in [-0.15, -0.1) is 10.2 Å². The van der Waals surface area contributed by atoms with E-state index in [4.69, 9.17) is 21.1 Å². The average molecular weight is 595 g/mol. The van der Waals surface area contributed by atoms with Gasteiger partial charge >= 0.3 is 0 Å². The fourth-order valence-electron chi connectivity index (χ4n) is 5.17. The Morgan fingerprint density at radius 3 is 2.40 bits per heavy atom. The fourth-order valence-corrected chi connectivity index (χ4v) is 5.39. The van der Waals surface area contributed by atoms with Crippen LogP contribution in [0.1, 0.15) is 30.5 Å². The van der Waals surface area contributed by atoms with Crippen molar-refractivity contribution in [2.24, 2.45) is 0 Å². The van der Waals surface area contributed by atoms with Gasteiger partial charge in [-0.05, 0) is 48.7 Å². The first-order valence-corrected chi connectivity index (χ1v) is 14.6. The van der Waals surface area contributed by atoms with Crippen molar-refractivity contribution in [3.63, 3.8) is 0 Å². The summed E-state index contributed by atoms with van der Waals surface area (Å²) in [6, 6.07) is 12.6. The number of rotatable bonds is 10. The minimum atomic E-state index is -0.390. The van der Waals surface area contributed by atoms with E-state index < -0.39 is 5.56 Å². The number of likely N-dealkylation sites (tertiary alicyclic amines) is 1. The maximum Gasteiger partial charge on any atom is 0.273 e. The van der Waals surface area contributed by atoms with Gasteiger partial charge in [0.1, 0.15) is 12.3 Å². The van der Waals surface area contributed by atoms with Gasteiger partial charge in [0.05, 0.1) is 13.7 Å². The SMILES string of the molecule is COc1cc(-c2nnc(CCC(=O)N3CCN(CC(=O)N4CCCC4)CC3)c(=O)[nH]2)ccc1OCc1cccc(Cl)c1. The van der Waals surface area contributed by atoms with Crippen LogP contribution in [0.4, 0.5) is 0 Å². The monoisotopic (exact) mass is 594 g/mol. The van der Waals surface area contributed by atoms with Crippen LogP contribution >= 0.6 is 11.6 Å². The summed E-state index contributed by atoms with van der Waals surface area (Å²) in [5, 5.41) is 8.94. The molecule has 5 rings (SSSR count). The molecule has 2 aromatic carbocycles. The second-order valence-electron chi connectivity index (χ2n) is 10.5. The van der Waals surface area contributed by atoms with Crippen molar-refractivity contribution in [1.82, 2.24) is 29.9 Å². The molecule has 12 heteroatoms. The Bertz CT molecular complexity index is 1470. The Morgan fingerprint density at radius 1 is 0.929 bits per heavy atom. The molecule has 11 nitrogen and oxygen atoms in total.